The highest BCUT2D eigenvalue weighted by Gasteiger charge is 2.29. The maximum atomic E-state index is 13.1. The Hall–Kier alpha value is -0.910. The molecular weight excluding hydrogens is 319 g/mol. The van der Waals surface area contributed by atoms with E-state index in [0.29, 0.717) is 17.7 Å². The number of rotatable bonds is 1. The molecule has 0 radical (unpaired) electrons. The summed E-state index contributed by atoms with van der Waals surface area (Å²) in [5.41, 5.74) is 1.55. The summed E-state index contributed by atoms with van der Waals surface area (Å²) in [6.07, 6.45) is -0.453. The van der Waals surface area contributed by atoms with Crippen LogP contribution in [0, 0.1) is 5.82 Å². The molecule has 1 aliphatic heterocycles. The monoisotopic (exact) mass is 328 g/mol. The van der Waals surface area contributed by atoms with Crippen molar-refractivity contribution >= 4 is 27.3 Å². The summed E-state index contributed by atoms with van der Waals surface area (Å²) < 4.78 is 19.9. The van der Waals surface area contributed by atoms with Gasteiger partial charge >= 0.3 is 0 Å². The van der Waals surface area contributed by atoms with Crippen molar-refractivity contribution in [3.8, 4) is 5.75 Å². The number of hydrogen-bond donors (Lipinski definition) is 1. The van der Waals surface area contributed by atoms with Gasteiger partial charge in [0.2, 0.25) is 0 Å². The minimum absolute atomic E-state index is 0.196. The third-order valence-electron chi connectivity index (χ3n) is 3.03. The number of fused-ring (bicyclic) bond motifs is 1. The average Bonchev–Trinajstić information content (AvgIpc) is 2.76. The summed E-state index contributed by atoms with van der Waals surface area (Å²) in [7, 11) is 0. The molecule has 94 valence electrons. The van der Waals surface area contributed by atoms with Crippen LogP contribution in [0.25, 0.3) is 0 Å². The Morgan fingerprint density at radius 1 is 1.33 bits per heavy atom. The van der Waals surface area contributed by atoms with Crippen LogP contribution in [0.4, 0.5) is 4.39 Å². The number of thiophene rings is 1. The van der Waals surface area contributed by atoms with Crippen molar-refractivity contribution < 1.29 is 14.2 Å². The van der Waals surface area contributed by atoms with Gasteiger partial charge in [0.1, 0.15) is 17.7 Å². The van der Waals surface area contributed by atoms with E-state index in [9.17, 15) is 9.50 Å². The van der Waals surface area contributed by atoms with Crippen molar-refractivity contribution in [3.63, 3.8) is 0 Å². The van der Waals surface area contributed by atoms with E-state index in [1.165, 1.54) is 12.1 Å². The molecule has 1 aliphatic rings. The molecular formula is C13H10BrFO2S. The van der Waals surface area contributed by atoms with Gasteiger partial charge in [-0.3, -0.25) is 0 Å². The molecule has 2 heterocycles. The number of hydrogen-bond acceptors (Lipinski definition) is 3. The molecule has 0 fully saturated rings. The Balaban J connectivity index is 1.97. The summed E-state index contributed by atoms with van der Waals surface area (Å²) in [5, 5.41) is 14.1. The van der Waals surface area contributed by atoms with Gasteiger partial charge in [0.05, 0.1) is 6.10 Å². The predicted octanol–water partition coefficient (Wildman–Crippen LogP) is 4.21. The lowest BCUT2D eigenvalue weighted by molar-refractivity contribution is 0.0652. The number of benzene rings is 1. The predicted molar refractivity (Wildman–Crippen MR) is 71.4 cm³/mol. The van der Waals surface area contributed by atoms with Gasteiger partial charge in [0, 0.05) is 27.4 Å². The molecule has 0 saturated heterocycles. The zero-order valence-electron chi connectivity index (χ0n) is 9.27. The molecule has 0 bridgehead atoms. The summed E-state index contributed by atoms with van der Waals surface area (Å²) in [4.78, 5) is 0. The third-order valence-corrected chi connectivity index (χ3v) is 4.78. The highest BCUT2D eigenvalue weighted by atomic mass is 79.9. The second-order valence-electron chi connectivity index (χ2n) is 4.22. The molecule has 0 aliphatic carbocycles. The molecule has 1 N–H and O–H groups in total. The van der Waals surface area contributed by atoms with Crippen molar-refractivity contribution in [2.75, 3.05) is 0 Å². The Kier molecular flexibility index (Phi) is 3.13. The van der Waals surface area contributed by atoms with Crippen molar-refractivity contribution in [2.24, 2.45) is 0 Å². The van der Waals surface area contributed by atoms with E-state index in [1.807, 2.05) is 10.8 Å². The average molecular weight is 329 g/mol. The van der Waals surface area contributed by atoms with Crippen LogP contribution in [0.15, 0.2) is 33.4 Å². The molecule has 0 amide bonds. The molecule has 0 saturated carbocycles. The van der Waals surface area contributed by atoms with Crippen LogP contribution in [-0.2, 0) is 0 Å². The normalized spacial score (nSPS) is 22.4. The minimum Gasteiger partial charge on any atom is -0.485 e. The Morgan fingerprint density at radius 2 is 2.17 bits per heavy atom. The van der Waals surface area contributed by atoms with Crippen molar-refractivity contribution in [3.05, 3.63) is 50.4 Å². The first-order chi connectivity index (χ1) is 8.65. The molecule has 18 heavy (non-hydrogen) atoms. The Bertz CT molecular complexity index is 584. The van der Waals surface area contributed by atoms with Gasteiger partial charge in [-0.1, -0.05) is 0 Å². The first-order valence-electron chi connectivity index (χ1n) is 5.51. The highest BCUT2D eigenvalue weighted by molar-refractivity contribution is 9.10. The Labute approximate surface area is 116 Å². The van der Waals surface area contributed by atoms with Gasteiger partial charge in [-0.05, 0) is 39.5 Å². The van der Waals surface area contributed by atoms with E-state index < -0.39 is 6.10 Å². The van der Waals surface area contributed by atoms with E-state index in [-0.39, 0.29) is 11.9 Å². The zero-order chi connectivity index (χ0) is 12.7. The zero-order valence-corrected chi connectivity index (χ0v) is 11.7. The molecule has 1 aromatic heterocycles. The van der Waals surface area contributed by atoms with Gasteiger partial charge in [-0.25, -0.2) is 4.39 Å². The maximum absolute atomic E-state index is 13.1. The first-order valence-corrected chi connectivity index (χ1v) is 7.24. The maximum Gasteiger partial charge on any atom is 0.128 e. The van der Waals surface area contributed by atoms with Crippen LogP contribution >= 0.6 is 27.3 Å². The third kappa shape index (κ3) is 2.06. The van der Waals surface area contributed by atoms with Gasteiger partial charge in [-0.15, -0.1) is 0 Å². The van der Waals surface area contributed by atoms with E-state index in [0.717, 1.165) is 10.0 Å². The number of aliphatic hydroxyl groups is 1. The van der Waals surface area contributed by atoms with Crippen LogP contribution in [0.1, 0.15) is 29.8 Å². The molecule has 0 spiro atoms. The SMILES string of the molecule is OC1CC(c2cscc2Br)Oc2ccc(F)cc21. The quantitative estimate of drug-likeness (QED) is 0.849. The second-order valence-corrected chi connectivity index (χ2v) is 5.81. The number of ether oxygens (including phenoxy) is 1. The molecule has 2 unspecified atom stereocenters. The van der Waals surface area contributed by atoms with Gasteiger partial charge in [-0.2, -0.15) is 11.3 Å². The van der Waals surface area contributed by atoms with Crippen molar-refractivity contribution in [2.45, 2.75) is 18.6 Å². The molecule has 1 aromatic carbocycles. The molecule has 2 nitrogen and oxygen atoms in total. The van der Waals surface area contributed by atoms with Crippen molar-refractivity contribution in [1.29, 1.82) is 0 Å². The van der Waals surface area contributed by atoms with Gasteiger partial charge in [0.25, 0.3) is 0 Å². The van der Waals surface area contributed by atoms with Crippen LogP contribution in [0.5, 0.6) is 5.75 Å². The second kappa shape index (κ2) is 4.64. The van der Waals surface area contributed by atoms with E-state index >= 15 is 0 Å². The van der Waals surface area contributed by atoms with Gasteiger partial charge < -0.3 is 9.84 Å². The van der Waals surface area contributed by atoms with E-state index in [2.05, 4.69) is 15.9 Å². The topological polar surface area (TPSA) is 29.5 Å². The molecule has 2 atom stereocenters. The number of aliphatic hydroxyl groups excluding tert-OH is 1. The number of halogens is 2. The molecule has 3 rings (SSSR count). The summed E-state index contributed by atoms with van der Waals surface area (Å²) >= 11 is 5.04. The highest BCUT2D eigenvalue weighted by Crippen LogP contribution is 2.43. The lowest BCUT2D eigenvalue weighted by atomic mass is 9.96. The smallest absolute Gasteiger partial charge is 0.128 e. The van der Waals surface area contributed by atoms with E-state index in [4.69, 9.17) is 4.74 Å². The van der Waals surface area contributed by atoms with E-state index in [1.54, 1.807) is 17.4 Å². The van der Waals surface area contributed by atoms with Crippen LogP contribution in [0.2, 0.25) is 0 Å². The summed E-state index contributed by atoms with van der Waals surface area (Å²) in [6, 6.07) is 4.25. The standard InChI is InChI=1S/C13H10BrFO2S/c14-10-6-18-5-9(10)13-4-11(16)8-3-7(15)1-2-12(8)17-13/h1-3,5-6,11,13,16H,4H2. The Morgan fingerprint density at radius 3 is 2.89 bits per heavy atom. The fraction of sp³-hybridized carbons (Fsp3) is 0.231. The molecule has 5 heteroatoms. The van der Waals surface area contributed by atoms with Gasteiger partial charge in [0.15, 0.2) is 0 Å². The minimum atomic E-state index is -0.693. The van der Waals surface area contributed by atoms with Crippen LogP contribution in [0.3, 0.4) is 0 Å². The lowest BCUT2D eigenvalue weighted by Gasteiger charge is -2.29. The fourth-order valence-corrected chi connectivity index (χ4v) is 3.72. The summed E-state index contributed by atoms with van der Waals surface area (Å²) in [6.45, 7) is 0. The van der Waals surface area contributed by atoms with Crippen LogP contribution in [-0.4, -0.2) is 5.11 Å². The lowest BCUT2D eigenvalue weighted by Crippen LogP contribution is -2.19. The fourth-order valence-electron chi connectivity index (χ4n) is 2.13. The largest absolute Gasteiger partial charge is 0.485 e. The summed E-state index contributed by atoms with van der Waals surface area (Å²) in [5.74, 6) is 0.199. The molecule has 2 aromatic rings. The van der Waals surface area contributed by atoms with Crippen molar-refractivity contribution in [1.82, 2.24) is 0 Å². The van der Waals surface area contributed by atoms with Crippen LogP contribution < -0.4 is 4.74 Å². The first kappa shape index (κ1) is 12.1.